The molecule has 0 saturated heterocycles. The van der Waals surface area contributed by atoms with E-state index < -0.39 is 0 Å². The molecule has 0 saturated carbocycles. The molecule has 0 aliphatic heterocycles. The lowest BCUT2D eigenvalue weighted by atomic mass is 10.1. The zero-order valence-corrected chi connectivity index (χ0v) is 16.9. The number of halogens is 1. The van der Waals surface area contributed by atoms with Crippen LogP contribution in [0.15, 0.2) is 59.0 Å². The van der Waals surface area contributed by atoms with E-state index in [4.69, 9.17) is 4.42 Å². The lowest BCUT2D eigenvalue weighted by Crippen LogP contribution is -2.44. The number of hydrazine groups is 1. The first-order valence-electron chi connectivity index (χ1n) is 9.65. The maximum Gasteiger partial charge on any atom is 0.257 e. The molecule has 6 nitrogen and oxygen atoms in total. The second kappa shape index (κ2) is 9.73. The number of furan rings is 1. The molecule has 1 aromatic heterocycles. The highest BCUT2D eigenvalue weighted by Gasteiger charge is 2.11. The van der Waals surface area contributed by atoms with Gasteiger partial charge in [0.2, 0.25) is 5.91 Å². The van der Waals surface area contributed by atoms with Crippen LogP contribution in [0.4, 0.5) is 10.1 Å². The van der Waals surface area contributed by atoms with Crippen LogP contribution < -0.4 is 16.2 Å². The number of hydrogen-bond donors (Lipinski definition) is 3. The number of amides is 2. The Balaban J connectivity index is 1.41. The summed E-state index contributed by atoms with van der Waals surface area (Å²) in [5, 5.41) is 3.04. The fourth-order valence-electron chi connectivity index (χ4n) is 2.99. The number of aryl methyl sites for hydroxylation is 3. The summed E-state index contributed by atoms with van der Waals surface area (Å²) in [5.41, 5.74) is 8.18. The van der Waals surface area contributed by atoms with Crippen molar-refractivity contribution in [3.05, 3.63) is 77.3 Å². The van der Waals surface area contributed by atoms with Crippen molar-refractivity contribution in [2.75, 3.05) is 11.9 Å². The summed E-state index contributed by atoms with van der Waals surface area (Å²) < 4.78 is 19.4. The Bertz CT molecular complexity index is 1050. The summed E-state index contributed by atoms with van der Waals surface area (Å²) >= 11 is 0. The quantitative estimate of drug-likeness (QED) is 0.517. The second-order valence-corrected chi connectivity index (χ2v) is 7.01. The standard InChI is InChI=1S/C23H24FN3O3/c1-15-7-10-20(16(2)13-15)25-14-23(29)27-26-22(28)12-9-17-8-11-21(30-17)18-5-3-4-6-19(18)24/h3-8,10-11,13,25H,9,12,14H2,1-2H3,(H,26,28)(H,27,29). The normalized spacial score (nSPS) is 10.5. The Morgan fingerprint density at radius 3 is 2.50 bits per heavy atom. The van der Waals surface area contributed by atoms with Gasteiger partial charge in [0.1, 0.15) is 17.3 Å². The number of carbonyl (C=O) groups is 2. The van der Waals surface area contributed by atoms with Gasteiger partial charge in [-0.2, -0.15) is 0 Å². The number of carbonyl (C=O) groups excluding carboxylic acids is 2. The minimum Gasteiger partial charge on any atom is -0.461 e. The minimum atomic E-state index is -0.367. The van der Waals surface area contributed by atoms with Crippen LogP contribution in [0.1, 0.15) is 23.3 Å². The molecule has 3 rings (SSSR count). The van der Waals surface area contributed by atoms with Gasteiger partial charge >= 0.3 is 0 Å². The summed E-state index contributed by atoms with van der Waals surface area (Å²) in [4.78, 5) is 23.9. The Morgan fingerprint density at radius 1 is 0.967 bits per heavy atom. The molecular formula is C23H24FN3O3. The molecule has 156 valence electrons. The first-order chi connectivity index (χ1) is 14.4. The largest absolute Gasteiger partial charge is 0.461 e. The van der Waals surface area contributed by atoms with E-state index in [0.29, 0.717) is 23.5 Å². The monoisotopic (exact) mass is 409 g/mol. The molecule has 3 aromatic rings. The third-order valence-electron chi connectivity index (χ3n) is 4.56. The highest BCUT2D eigenvalue weighted by molar-refractivity contribution is 5.84. The molecule has 7 heteroatoms. The first-order valence-corrected chi connectivity index (χ1v) is 9.65. The average Bonchev–Trinajstić information content (AvgIpc) is 3.19. The van der Waals surface area contributed by atoms with Gasteiger partial charge in [0.15, 0.2) is 0 Å². The van der Waals surface area contributed by atoms with Crippen molar-refractivity contribution in [2.24, 2.45) is 0 Å². The van der Waals surface area contributed by atoms with Gasteiger partial charge in [0.05, 0.1) is 12.1 Å². The molecule has 2 aromatic carbocycles. The highest BCUT2D eigenvalue weighted by Crippen LogP contribution is 2.25. The van der Waals surface area contributed by atoms with Crippen LogP contribution in [-0.2, 0) is 16.0 Å². The fraction of sp³-hybridized carbons (Fsp3) is 0.217. The van der Waals surface area contributed by atoms with Gasteiger partial charge < -0.3 is 9.73 Å². The van der Waals surface area contributed by atoms with Gasteiger partial charge in [-0.15, -0.1) is 0 Å². The van der Waals surface area contributed by atoms with Crippen LogP contribution in [-0.4, -0.2) is 18.4 Å². The number of anilines is 1. The number of hydrogen-bond acceptors (Lipinski definition) is 4. The van der Waals surface area contributed by atoms with Gasteiger partial charge in [0, 0.05) is 18.5 Å². The molecule has 30 heavy (non-hydrogen) atoms. The lowest BCUT2D eigenvalue weighted by molar-refractivity contribution is -0.128. The first kappa shape index (κ1) is 21.1. The summed E-state index contributed by atoms with van der Waals surface area (Å²) in [5.74, 6) is -0.101. The highest BCUT2D eigenvalue weighted by atomic mass is 19.1. The zero-order chi connectivity index (χ0) is 21.5. The van der Waals surface area contributed by atoms with E-state index in [0.717, 1.165) is 16.8 Å². The zero-order valence-electron chi connectivity index (χ0n) is 16.9. The van der Waals surface area contributed by atoms with Crippen LogP contribution in [0.2, 0.25) is 0 Å². The van der Waals surface area contributed by atoms with Crippen molar-refractivity contribution in [1.29, 1.82) is 0 Å². The maximum atomic E-state index is 13.8. The molecule has 2 amide bonds. The van der Waals surface area contributed by atoms with Gasteiger partial charge in [-0.25, -0.2) is 4.39 Å². The van der Waals surface area contributed by atoms with E-state index in [2.05, 4.69) is 16.2 Å². The van der Waals surface area contributed by atoms with Crippen molar-refractivity contribution in [3.8, 4) is 11.3 Å². The molecule has 0 radical (unpaired) electrons. The lowest BCUT2D eigenvalue weighted by Gasteiger charge is -2.11. The second-order valence-electron chi connectivity index (χ2n) is 7.01. The van der Waals surface area contributed by atoms with Crippen molar-refractivity contribution >= 4 is 17.5 Å². The molecule has 0 bridgehead atoms. The maximum absolute atomic E-state index is 13.8. The third-order valence-corrected chi connectivity index (χ3v) is 4.56. The number of nitrogens with one attached hydrogen (secondary N) is 3. The predicted molar refractivity (Wildman–Crippen MR) is 113 cm³/mol. The molecule has 0 unspecified atom stereocenters. The van der Waals surface area contributed by atoms with Crippen molar-refractivity contribution in [1.82, 2.24) is 10.9 Å². The summed E-state index contributed by atoms with van der Waals surface area (Å²) in [6.07, 6.45) is 0.450. The number of rotatable bonds is 7. The molecule has 0 fully saturated rings. The fourth-order valence-corrected chi connectivity index (χ4v) is 2.99. The smallest absolute Gasteiger partial charge is 0.257 e. The molecule has 0 spiro atoms. The SMILES string of the molecule is Cc1ccc(NCC(=O)NNC(=O)CCc2ccc(-c3ccccc3F)o2)c(C)c1. The van der Waals surface area contributed by atoms with Gasteiger partial charge in [-0.3, -0.25) is 20.4 Å². The van der Waals surface area contributed by atoms with E-state index in [9.17, 15) is 14.0 Å². The molecular weight excluding hydrogens is 385 g/mol. The Labute approximate surface area is 174 Å². The third kappa shape index (κ3) is 5.70. The van der Waals surface area contributed by atoms with E-state index in [1.165, 1.54) is 6.07 Å². The molecule has 0 atom stereocenters. The summed E-state index contributed by atoms with van der Waals surface area (Å²) in [6, 6.07) is 15.6. The van der Waals surface area contributed by atoms with Crippen LogP contribution >= 0.6 is 0 Å². The summed E-state index contributed by atoms with van der Waals surface area (Å²) in [6.45, 7) is 4.00. The Morgan fingerprint density at radius 2 is 1.73 bits per heavy atom. The average molecular weight is 409 g/mol. The van der Waals surface area contributed by atoms with Gasteiger partial charge in [-0.1, -0.05) is 29.8 Å². The van der Waals surface area contributed by atoms with Crippen molar-refractivity contribution in [3.63, 3.8) is 0 Å². The molecule has 0 aliphatic rings. The van der Waals surface area contributed by atoms with Crippen LogP contribution in [0, 0.1) is 19.7 Å². The molecule has 3 N–H and O–H groups in total. The van der Waals surface area contributed by atoms with E-state index in [1.807, 2.05) is 32.0 Å². The van der Waals surface area contributed by atoms with Gasteiger partial charge in [-0.05, 0) is 49.7 Å². The van der Waals surface area contributed by atoms with Crippen LogP contribution in [0.5, 0.6) is 0 Å². The van der Waals surface area contributed by atoms with E-state index in [-0.39, 0.29) is 30.6 Å². The molecule has 0 aliphatic carbocycles. The van der Waals surface area contributed by atoms with E-state index >= 15 is 0 Å². The predicted octanol–water partition coefficient (Wildman–Crippen LogP) is 3.89. The van der Waals surface area contributed by atoms with Gasteiger partial charge in [0.25, 0.3) is 5.91 Å². The van der Waals surface area contributed by atoms with Crippen molar-refractivity contribution in [2.45, 2.75) is 26.7 Å². The molecule has 1 heterocycles. The Kier molecular flexibility index (Phi) is 6.85. The topological polar surface area (TPSA) is 83.4 Å². The van der Waals surface area contributed by atoms with Crippen LogP contribution in [0.25, 0.3) is 11.3 Å². The minimum absolute atomic E-state index is 0.0361. The van der Waals surface area contributed by atoms with E-state index in [1.54, 1.807) is 30.3 Å². The van der Waals surface area contributed by atoms with Crippen LogP contribution in [0.3, 0.4) is 0 Å². The van der Waals surface area contributed by atoms with Crippen molar-refractivity contribution < 1.29 is 18.4 Å². The Hall–Kier alpha value is -3.61. The number of benzene rings is 2. The summed E-state index contributed by atoms with van der Waals surface area (Å²) in [7, 11) is 0.